The second kappa shape index (κ2) is 9.52. The normalized spacial score (nSPS) is 22.1. The molecular formula is C28H21F3N6O3. The number of nitrogen functional groups attached to an aromatic ring is 1. The Morgan fingerprint density at radius 3 is 2.75 bits per heavy atom. The van der Waals surface area contributed by atoms with E-state index in [4.69, 9.17) is 16.9 Å². The van der Waals surface area contributed by atoms with E-state index in [9.17, 15) is 24.3 Å². The van der Waals surface area contributed by atoms with Crippen molar-refractivity contribution >= 4 is 33.2 Å². The zero-order valence-electron chi connectivity index (χ0n) is 20.7. The lowest BCUT2D eigenvalue weighted by molar-refractivity contribution is -0.183. The van der Waals surface area contributed by atoms with Crippen molar-refractivity contribution in [1.82, 2.24) is 15.0 Å². The van der Waals surface area contributed by atoms with Gasteiger partial charge in [-0.1, -0.05) is 12.0 Å². The number of anilines is 2. The highest BCUT2D eigenvalue weighted by molar-refractivity contribution is 6.03. The molecule has 0 bridgehead atoms. The van der Waals surface area contributed by atoms with Crippen molar-refractivity contribution in [2.24, 2.45) is 11.8 Å². The Labute approximate surface area is 225 Å². The largest absolute Gasteiger partial charge is 0.408 e. The van der Waals surface area contributed by atoms with Gasteiger partial charge in [0.25, 0.3) is 0 Å². The molecule has 4 atom stereocenters. The lowest BCUT2D eigenvalue weighted by atomic mass is 9.95. The third-order valence-electron chi connectivity index (χ3n) is 7.47. The van der Waals surface area contributed by atoms with E-state index in [1.165, 1.54) is 24.4 Å². The number of ether oxygens (including phenoxy) is 1. The molecule has 0 spiro atoms. The van der Waals surface area contributed by atoms with E-state index in [0.717, 1.165) is 0 Å². The molecule has 9 nitrogen and oxygen atoms in total. The average molecular weight is 547 g/mol. The van der Waals surface area contributed by atoms with Crippen molar-refractivity contribution in [3.8, 4) is 35.7 Å². The maximum absolute atomic E-state index is 16.3. The average Bonchev–Trinajstić information content (AvgIpc) is 3.60. The molecule has 0 radical (unpaired) electrons. The highest BCUT2D eigenvalue weighted by Crippen LogP contribution is 2.49. The number of pyridine rings is 1. The van der Waals surface area contributed by atoms with Crippen LogP contribution in [0.15, 0.2) is 30.5 Å². The quantitative estimate of drug-likeness (QED) is 0.199. The van der Waals surface area contributed by atoms with Crippen molar-refractivity contribution in [3.05, 3.63) is 47.7 Å². The number of hydrogen-bond donors (Lipinski definition) is 3. The summed E-state index contributed by atoms with van der Waals surface area (Å²) in [6, 6.07) is 6.65. The number of fused-ring (bicyclic) bond motifs is 3. The van der Waals surface area contributed by atoms with E-state index < -0.39 is 42.3 Å². The van der Waals surface area contributed by atoms with Gasteiger partial charge in [0, 0.05) is 41.2 Å². The lowest BCUT2D eigenvalue weighted by Gasteiger charge is -2.25. The number of nitrogens with zero attached hydrogens (tertiary/aromatic N) is 5. The maximum atomic E-state index is 16.3. The molecule has 1 saturated heterocycles. The number of alkyl halides is 1. The Bertz CT molecular complexity index is 1770. The van der Waals surface area contributed by atoms with Crippen LogP contribution in [0.5, 0.6) is 6.01 Å². The maximum Gasteiger partial charge on any atom is 0.323 e. The molecule has 0 amide bonds. The minimum atomic E-state index is -2.32. The number of rotatable bonds is 4. The molecule has 6 rings (SSSR count). The number of aliphatic hydroxyl groups excluding tert-OH is 1. The first-order valence-corrected chi connectivity index (χ1v) is 12.4. The van der Waals surface area contributed by atoms with Gasteiger partial charge >= 0.3 is 12.5 Å². The van der Waals surface area contributed by atoms with Crippen LogP contribution in [0.25, 0.3) is 32.9 Å². The van der Waals surface area contributed by atoms with Crippen molar-refractivity contribution in [2.45, 2.75) is 31.5 Å². The van der Waals surface area contributed by atoms with E-state index in [1.807, 2.05) is 0 Å². The molecule has 4 N–H and O–H groups in total. The molecule has 1 saturated carbocycles. The summed E-state index contributed by atoms with van der Waals surface area (Å²) in [6.07, 6.45) is 6.46. The molecule has 202 valence electrons. The van der Waals surface area contributed by atoms with Crippen LogP contribution < -0.4 is 15.4 Å². The molecule has 2 aromatic carbocycles. The van der Waals surface area contributed by atoms with Crippen LogP contribution in [0.3, 0.4) is 0 Å². The third kappa shape index (κ3) is 4.09. The molecule has 0 unspecified atom stereocenters. The van der Waals surface area contributed by atoms with Gasteiger partial charge in [0.15, 0.2) is 5.82 Å². The summed E-state index contributed by atoms with van der Waals surface area (Å²) >= 11 is 0. The number of nitriles is 1. The van der Waals surface area contributed by atoms with Gasteiger partial charge < -0.3 is 25.6 Å². The van der Waals surface area contributed by atoms with Gasteiger partial charge in [-0.05, 0) is 36.4 Å². The van der Waals surface area contributed by atoms with Crippen LogP contribution in [0.2, 0.25) is 0 Å². The Morgan fingerprint density at radius 2 is 2.02 bits per heavy atom. The second-order valence-corrected chi connectivity index (χ2v) is 9.83. The number of terminal acetylenes is 1. The van der Waals surface area contributed by atoms with E-state index in [2.05, 4.69) is 26.9 Å². The van der Waals surface area contributed by atoms with Gasteiger partial charge in [-0.25, -0.2) is 13.2 Å². The van der Waals surface area contributed by atoms with Crippen LogP contribution >= 0.6 is 0 Å². The predicted molar refractivity (Wildman–Crippen MR) is 139 cm³/mol. The monoisotopic (exact) mass is 546 g/mol. The summed E-state index contributed by atoms with van der Waals surface area (Å²) in [4.78, 5) is 14.2. The summed E-state index contributed by atoms with van der Waals surface area (Å²) in [7, 11) is 0. The molecule has 2 aliphatic rings. The van der Waals surface area contributed by atoms with E-state index in [0.29, 0.717) is 18.2 Å². The van der Waals surface area contributed by atoms with Crippen molar-refractivity contribution in [2.75, 3.05) is 17.2 Å². The summed E-state index contributed by atoms with van der Waals surface area (Å²) < 4.78 is 50.7. The van der Waals surface area contributed by atoms with Gasteiger partial charge in [0.2, 0.25) is 0 Å². The minimum absolute atomic E-state index is 0.0696. The number of aliphatic hydroxyl groups is 2. The van der Waals surface area contributed by atoms with Crippen LogP contribution in [-0.2, 0) is 0 Å². The summed E-state index contributed by atoms with van der Waals surface area (Å²) in [5.41, 5.74) is 5.76. The van der Waals surface area contributed by atoms with Gasteiger partial charge in [-0.3, -0.25) is 4.98 Å². The van der Waals surface area contributed by atoms with E-state index >= 15 is 4.39 Å². The zero-order valence-corrected chi connectivity index (χ0v) is 20.7. The zero-order chi connectivity index (χ0) is 28.3. The first kappa shape index (κ1) is 25.6. The molecule has 2 aromatic heterocycles. The summed E-state index contributed by atoms with van der Waals surface area (Å²) in [6.45, 7) is -2.08. The van der Waals surface area contributed by atoms with Gasteiger partial charge in [0.05, 0.1) is 23.1 Å². The molecular weight excluding hydrogens is 525 g/mol. The fourth-order valence-corrected chi connectivity index (χ4v) is 5.61. The van der Waals surface area contributed by atoms with Gasteiger partial charge in [-0.15, -0.1) is 6.42 Å². The molecule has 40 heavy (non-hydrogen) atoms. The third-order valence-corrected chi connectivity index (χ3v) is 7.47. The lowest BCUT2D eigenvalue weighted by Crippen LogP contribution is -2.30. The molecule has 3 heterocycles. The van der Waals surface area contributed by atoms with Crippen LogP contribution in [0, 0.1) is 47.1 Å². The number of aromatic nitrogens is 3. The number of halogens is 3. The summed E-state index contributed by atoms with van der Waals surface area (Å²) in [5, 5.41) is 29.0. The van der Waals surface area contributed by atoms with Gasteiger partial charge in [0.1, 0.15) is 29.0 Å². The Hall–Kier alpha value is -4.65. The fraction of sp³-hybridized carbons (Fsp3) is 0.286. The summed E-state index contributed by atoms with van der Waals surface area (Å²) in [5.74, 6) is -0.0390. The van der Waals surface area contributed by atoms with Crippen molar-refractivity contribution in [1.29, 1.82) is 5.26 Å². The van der Waals surface area contributed by atoms with Gasteiger partial charge in [-0.2, -0.15) is 15.2 Å². The van der Waals surface area contributed by atoms with Crippen molar-refractivity contribution < 1.29 is 28.1 Å². The standard InChI is InChI=1S/C28H21F3N6O3/c1-2-15-19(29)4-3-13-8-14(33)9-16(20(13)15)23-22(31)24-18(11-34-23)26(36-27(35-24)40-28(38)39)37-6-5-12(10-32)7-17-21(30)25(17)37/h1,3-4,8-9,11-12,17,21,25,28,38-39H,5-7,33H2/t12-,17+,21-,25+/m0/s1. The second-order valence-electron chi connectivity index (χ2n) is 9.83. The number of nitrogens with two attached hydrogens (primary N) is 1. The van der Waals surface area contributed by atoms with Crippen LogP contribution in [0.1, 0.15) is 18.4 Å². The number of hydrogen-bond acceptors (Lipinski definition) is 9. The van der Waals surface area contributed by atoms with E-state index in [1.54, 1.807) is 11.0 Å². The number of benzene rings is 2. The Morgan fingerprint density at radius 1 is 1.23 bits per heavy atom. The topological polar surface area (TPSA) is 141 Å². The first-order valence-electron chi connectivity index (χ1n) is 12.4. The highest BCUT2D eigenvalue weighted by atomic mass is 19.1. The molecule has 12 heteroatoms. The Kier molecular flexibility index (Phi) is 6.10. The van der Waals surface area contributed by atoms with Crippen LogP contribution in [0.4, 0.5) is 24.7 Å². The van der Waals surface area contributed by atoms with E-state index in [-0.39, 0.29) is 57.1 Å². The molecule has 1 aliphatic carbocycles. The first-order chi connectivity index (χ1) is 19.2. The highest BCUT2D eigenvalue weighted by Gasteiger charge is 2.57. The SMILES string of the molecule is C#Cc1c(F)ccc2cc(N)cc(-c3ncc4c(N5CC[C@H](C#N)C[C@@H]6[C@H](F)[C@@H]65)nc(OC(O)O)nc4c3F)c12. The van der Waals surface area contributed by atoms with Crippen LogP contribution in [-0.4, -0.2) is 50.4 Å². The Balaban J connectivity index is 1.59. The van der Waals surface area contributed by atoms with Crippen molar-refractivity contribution in [3.63, 3.8) is 0 Å². The fourth-order valence-electron chi connectivity index (χ4n) is 5.61. The smallest absolute Gasteiger partial charge is 0.323 e. The minimum Gasteiger partial charge on any atom is -0.408 e. The molecule has 4 aromatic rings. The predicted octanol–water partition coefficient (Wildman–Crippen LogP) is 3.41. The molecule has 2 fully saturated rings. The molecule has 1 aliphatic heterocycles.